The molecule has 21 heavy (non-hydrogen) atoms. The van der Waals surface area contributed by atoms with Crippen LogP contribution in [0.2, 0.25) is 0 Å². The van der Waals surface area contributed by atoms with Gasteiger partial charge in [-0.15, -0.1) is 0 Å². The normalized spacial score (nSPS) is 17.9. The molecule has 4 nitrogen and oxygen atoms in total. The summed E-state index contributed by atoms with van der Waals surface area (Å²) in [7, 11) is 1.95. The van der Waals surface area contributed by atoms with E-state index in [1.54, 1.807) is 13.0 Å². The van der Waals surface area contributed by atoms with E-state index in [0.29, 0.717) is 17.8 Å². The molecule has 1 aromatic carbocycles. The average Bonchev–Trinajstić information content (AvgIpc) is 2.50. The molecule has 1 atom stereocenters. The Bertz CT molecular complexity index is 602. The molecule has 2 N–H and O–H groups in total. The molecule has 110 valence electrons. The Hall–Kier alpha value is -2.33. The molecule has 2 rings (SSSR count). The summed E-state index contributed by atoms with van der Waals surface area (Å²) >= 11 is 0. The van der Waals surface area contributed by atoms with E-state index in [4.69, 9.17) is 10.5 Å². The molecule has 0 saturated carbocycles. The SMILES string of the molecule is C=C1C(N(C)c2ccccc2)=CC=C(C(=O)OCC)C1N. The van der Waals surface area contributed by atoms with Crippen LogP contribution in [0.3, 0.4) is 0 Å². The molecule has 4 heteroatoms. The van der Waals surface area contributed by atoms with Crippen molar-refractivity contribution >= 4 is 11.7 Å². The van der Waals surface area contributed by atoms with E-state index >= 15 is 0 Å². The number of likely N-dealkylation sites (N-methyl/N-ethyl adjacent to an activating group) is 1. The number of anilines is 1. The first-order valence-corrected chi connectivity index (χ1v) is 6.88. The lowest BCUT2D eigenvalue weighted by Crippen LogP contribution is -2.35. The number of ether oxygens (including phenoxy) is 1. The molecule has 0 saturated heterocycles. The Morgan fingerprint density at radius 1 is 1.33 bits per heavy atom. The third-order valence-electron chi connectivity index (χ3n) is 3.48. The van der Waals surface area contributed by atoms with E-state index in [1.165, 1.54) is 0 Å². The number of rotatable bonds is 4. The van der Waals surface area contributed by atoms with Crippen LogP contribution in [-0.2, 0) is 9.53 Å². The largest absolute Gasteiger partial charge is 0.463 e. The van der Waals surface area contributed by atoms with Crippen molar-refractivity contribution < 1.29 is 9.53 Å². The molecule has 0 aliphatic heterocycles. The Balaban J connectivity index is 2.29. The maximum atomic E-state index is 11.8. The quantitative estimate of drug-likeness (QED) is 0.863. The highest BCUT2D eigenvalue weighted by molar-refractivity contribution is 5.92. The van der Waals surface area contributed by atoms with Crippen molar-refractivity contribution in [2.45, 2.75) is 13.0 Å². The van der Waals surface area contributed by atoms with Crippen LogP contribution in [0, 0.1) is 0 Å². The van der Waals surface area contributed by atoms with Gasteiger partial charge in [-0.25, -0.2) is 4.79 Å². The summed E-state index contributed by atoms with van der Waals surface area (Å²) in [6.07, 6.45) is 3.57. The predicted molar refractivity (Wildman–Crippen MR) is 84.8 cm³/mol. The van der Waals surface area contributed by atoms with Crippen LogP contribution < -0.4 is 10.6 Å². The van der Waals surface area contributed by atoms with E-state index in [9.17, 15) is 4.79 Å². The second kappa shape index (κ2) is 6.41. The summed E-state index contributed by atoms with van der Waals surface area (Å²) in [6, 6.07) is 9.37. The molecule has 1 aliphatic carbocycles. The summed E-state index contributed by atoms with van der Waals surface area (Å²) in [4.78, 5) is 13.8. The summed E-state index contributed by atoms with van der Waals surface area (Å²) in [5.41, 5.74) is 9.18. The van der Waals surface area contributed by atoms with Crippen molar-refractivity contribution in [3.05, 3.63) is 65.9 Å². The van der Waals surface area contributed by atoms with Crippen LogP contribution in [0.15, 0.2) is 65.9 Å². The van der Waals surface area contributed by atoms with Gasteiger partial charge in [0.2, 0.25) is 0 Å². The molecule has 1 aliphatic rings. The van der Waals surface area contributed by atoms with Crippen molar-refractivity contribution in [2.24, 2.45) is 5.73 Å². The molecule has 0 aromatic heterocycles. The number of hydrogen-bond donors (Lipinski definition) is 1. The fraction of sp³-hybridized carbons (Fsp3) is 0.235. The van der Waals surface area contributed by atoms with Gasteiger partial charge in [0.25, 0.3) is 0 Å². The number of esters is 1. The Labute approximate surface area is 125 Å². The number of benzene rings is 1. The predicted octanol–water partition coefficient (Wildman–Crippen LogP) is 2.39. The number of para-hydroxylation sites is 1. The van der Waals surface area contributed by atoms with Gasteiger partial charge >= 0.3 is 5.97 Å². The summed E-state index contributed by atoms with van der Waals surface area (Å²) in [5, 5.41) is 0. The molecule has 1 unspecified atom stereocenters. The van der Waals surface area contributed by atoms with Crippen LogP contribution in [0.25, 0.3) is 0 Å². The number of carbonyl (C=O) groups excluding carboxylic acids is 1. The monoisotopic (exact) mass is 284 g/mol. The highest BCUT2D eigenvalue weighted by atomic mass is 16.5. The Morgan fingerprint density at radius 2 is 2.00 bits per heavy atom. The third kappa shape index (κ3) is 3.06. The van der Waals surface area contributed by atoms with E-state index in [-0.39, 0.29) is 5.97 Å². The summed E-state index contributed by atoms with van der Waals surface area (Å²) < 4.78 is 5.01. The zero-order valence-electron chi connectivity index (χ0n) is 12.4. The average molecular weight is 284 g/mol. The number of nitrogens with zero attached hydrogens (tertiary/aromatic N) is 1. The van der Waals surface area contributed by atoms with Crippen molar-refractivity contribution in [3.63, 3.8) is 0 Å². The van der Waals surface area contributed by atoms with Gasteiger partial charge in [-0.2, -0.15) is 0 Å². The highest BCUT2D eigenvalue weighted by Gasteiger charge is 2.27. The molecular formula is C17H20N2O2. The van der Waals surface area contributed by atoms with E-state index in [0.717, 1.165) is 11.4 Å². The van der Waals surface area contributed by atoms with E-state index in [1.807, 2.05) is 48.4 Å². The second-order valence-corrected chi connectivity index (χ2v) is 4.79. The van der Waals surface area contributed by atoms with Crippen molar-refractivity contribution in [2.75, 3.05) is 18.6 Å². The van der Waals surface area contributed by atoms with Gasteiger partial charge in [0.05, 0.1) is 18.2 Å². The minimum Gasteiger partial charge on any atom is -0.463 e. The fourth-order valence-corrected chi connectivity index (χ4v) is 2.25. The van der Waals surface area contributed by atoms with Gasteiger partial charge < -0.3 is 15.4 Å². The topological polar surface area (TPSA) is 55.6 Å². The van der Waals surface area contributed by atoms with Crippen LogP contribution in [-0.4, -0.2) is 25.7 Å². The molecule has 0 spiro atoms. The van der Waals surface area contributed by atoms with Gasteiger partial charge in [-0.05, 0) is 36.8 Å². The summed E-state index contributed by atoms with van der Waals surface area (Å²) in [6.45, 7) is 6.13. The van der Waals surface area contributed by atoms with Gasteiger partial charge in [-0.3, -0.25) is 0 Å². The molecule has 0 heterocycles. The van der Waals surface area contributed by atoms with E-state index in [2.05, 4.69) is 6.58 Å². The smallest absolute Gasteiger partial charge is 0.335 e. The van der Waals surface area contributed by atoms with Gasteiger partial charge in [0.15, 0.2) is 0 Å². The van der Waals surface area contributed by atoms with E-state index < -0.39 is 6.04 Å². The van der Waals surface area contributed by atoms with Crippen molar-refractivity contribution in [1.29, 1.82) is 0 Å². The first kappa shape index (κ1) is 15.1. The highest BCUT2D eigenvalue weighted by Crippen LogP contribution is 2.28. The zero-order chi connectivity index (χ0) is 15.4. The standard InChI is InChI=1S/C17H20N2O2/c1-4-21-17(20)14-10-11-15(12(2)16(14)18)19(3)13-8-6-5-7-9-13/h5-11,16H,2,4,18H2,1,3H3. The van der Waals surface area contributed by atoms with Crippen LogP contribution >= 0.6 is 0 Å². The minimum absolute atomic E-state index is 0.329. The third-order valence-corrected chi connectivity index (χ3v) is 3.48. The maximum Gasteiger partial charge on any atom is 0.335 e. The second-order valence-electron chi connectivity index (χ2n) is 4.79. The molecule has 0 amide bonds. The van der Waals surface area contributed by atoms with Crippen LogP contribution in [0.5, 0.6) is 0 Å². The molecule has 1 aromatic rings. The lowest BCUT2D eigenvalue weighted by atomic mass is 9.92. The van der Waals surface area contributed by atoms with Crippen molar-refractivity contribution in [3.8, 4) is 0 Å². The van der Waals surface area contributed by atoms with Crippen LogP contribution in [0.1, 0.15) is 6.92 Å². The number of hydrogen-bond acceptors (Lipinski definition) is 4. The number of nitrogens with two attached hydrogens (primary N) is 1. The summed E-state index contributed by atoms with van der Waals surface area (Å²) in [5.74, 6) is -0.385. The molecule has 0 fully saturated rings. The lowest BCUT2D eigenvalue weighted by molar-refractivity contribution is -0.138. The molecule has 0 radical (unpaired) electrons. The Kier molecular flexibility index (Phi) is 4.60. The molecular weight excluding hydrogens is 264 g/mol. The first-order valence-electron chi connectivity index (χ1n) is 6.88. The lowest BCUT2D eigenvalue weighted by Gasteiger charge is -2.30. The van der Waals surface area contributed by atoms with Gasteiger partial charge in [0, 0.05) is 18.4 Å². The maximum absolute atomic E-state index is 11.8. The first-order chi connectivity index (χ1) is 10.1. The fourth-order valence-electron chi connectivity index (χ4n) is 2.25. The Morgan fingerprint density at radius 3 is 2.62 bits per heavy atom. The van der Waals surface area contributed by atoms with Gasteiger partial charge in [-0.1, -0.05) is 24.8 Å². The molecule has 0 bridgehead atoms. The van der Waals surface area contributed by atoms with Gasteiger partial charge in [0.1, 0.15) is 0 Å². The van der Waals surface area contributed by atoms with Crippen molar-refractivity contribution in [1.82, 2.24) is 0 Å². The van der Waals surface area contributed by atoms with Crippen LogP contribution in [0.4, 0.5) is 5.69 Å². The number of carbonyl (C=O) groups is 1. The minimum atomic E-state index is -0.546. The zero-order valence-corrected chi connectivity index (χ0v) is 12.4. The number of allylic oxidation sites excluding steroid dienone is 2.